The summed E-state index contributed by atoms with van der Waals surface area (Å²) in [5, 5.41) is 10.3. The molecule has 5 heterocycles. The van der Waals surface area contributed by atoms with E-state index in [1.807, 2.05) is 24.4 Å². The lowest BCUT2D eigenvalue weighted by Crippen LogP contribution is -2.34. The number of anilines is 2. The molecule has 1 atom stereocenters. The smallest absolute Gasteiger partial charge is 0.223 e. The van der Waals surface area contributed by atoms with Gasteiger partial charge in [0.25, 0.3) is 0 Å². The fraction of sp³-hybridized carbons (Fsp3) is 0.478. The van der Waals surface area contributed by atoms with Crippen molar-refractivity contribution in [1.82, 2.24) is 29.4 Å². The number of hydrogen-bond acceptors (Lipinski definition) is 8. The summed E-state index contributed by atoms with van der Waals surface area (Å²) < 4.78 is 14.7. The van der Waals surface area contributed by atoms with E-state index < -0.39 is 0 Å². The standard InChI is InChI=1S/C23H28N8O2/c1-32-19-6-2-5-18-20(19)26-23(24)31-22(18)27-21(28-31)15-4-3-9-29(13-15)17-12-25-30(14-17)16-7-10-33-11-8-16/h2,5-6,12,14-16H,3-4,7-11,13H2,1H3,(H2,24,26)/t15-/m1/s1. The maximum absolute atomic E-state index is 6.24. The van der Waals surface area contributed by atoms with Crippen molar-refractivity contribution in [3.8, 4) is 5.75 Å². The Bertz CT molecular complexity index is 1290. The van der Waals surface area contributed by atoms with Crippen LogP contribution in [-0.4, -0.2) is 62.8 Å². The number of rotatable bonds is 4. The predicted molar refractivity (Wildman–Crippen MR) is 125 cm³/mol. The zero-order chi connectivity index (χ0) is 22.4. The van der Waals surface area contributed by atoms with E-state index in [0.717, 1.165) is 74.5 Å². The second-order valence-corrected chi connectivity index (χ2v) is 8.84. The Labute approximate surface area is 191 Å². The minimum Gasteiger partial charge on any atom is -0.494 e. The van der Waals surface area contributed by atoms with Gasteiger partial charge >= 0.3 is 0 Å². The van der Waals surface area contributed by atoms with Gasteiger partial charge in [0.2, 0.25) is 5.95 Å². The van der Waals surface area contributed by atoms with Crippen molar-refractivity contribution in [2.75, 3.05) is 44.0 Å². The Morgan fingerprint density at radius 1 is 1.15 bits per heavy atom. The van der Waals surface area contributed by atoms with Crippen molar-refractivity contribution < 1.29 is 9.47 Å². The molecule has 1 aromatic carbocycles. The van der Waals surface area contributed by atoms with Crippen LogP contribution < -0.4 is 15.4 Å². The molecule has 172 valence electrons. The van der Waals surface area contributed by atoms with Crippen LogP contribution in [0.3, 0.4) is 0 Å². The highest BCUT2D eigenvalue weighted by Gasteiger charge is 2.27. The third-order valence-corrected chi connectivity index (χ3v) is 6.83. The molecule has 4 aromatic rings. The normalized spacial score (nSPS) is 20.0. The van der Waals surface area contributed by atoms with Gasteiger partial charge in [-0.3, -0.25) is 4.68 Å². The molecule has 0 unspecified atom stereocenters. The molecule has 0 amide bonds. The third-order valence-electron chi connectivity index (χ3n) is 6.83. The molecule has 2 saturated heterocycles. The lowest BCUT2D eigenvalue weighted by atomic mass is 9.97. The summed E-state index contributed by atoms with van der Waals surface area (Å²) in [6.07, 6.45) is 8.31. The van der Waals surface area contributed by atoms with Gasteiger partial charge in [0, 0.05) is 43.8 Å². The summed E-state index contributed by atoms with van der Waals surface area (Å²) in [6.45, 7) is 3.48. The van der Waals surface area contributed by atoms with Gasteiger partial charge in [0.15, 0.2) is 11.5 Å². The van der Waals surface area contributed by atoms with Crippen LogP contribution in [0.2, 0.25) is 0 Å². The number of para-hydroxylation sites is 1. The highest BCUT2D eigenvalue weighted by atomic mass is 16.5. The van der Waals surface area contributed by atoms with Gasteiger partial charge in [-0.2, -0.15) is 9.61 Å². The van der Waals surface area contributed by atoms with E-state index in [4.69, 9.17) is 25.3 Å². The minimum absolute atomic E-state index is 0.213. The highest BCUT2D eigenvalue weighted by Crippen LogP contribution is 2.32. The Morgan fingerprint density at radius 3 is 2.88 bits per heavy atom. The summed E-state index contributed by atoms with van der Waals surface area (Å²) in [4.78, 5) is 11.8. The second kappa shape index (κ2) is 8.18. The molecule has 0 saturated carbocycles. The van der Waals surface area contributed by atoms with Gasteiger partial charge in [-0.05, 0) is 37.8 Å². The largest absolute Gasteiger partial charge is 0.494 e. The molecule has 10 heteroatoms. The SMILES string of the molecule is COc1cccc2c1nc(N)n1nc([C@@H]3CCCN(c4cnn(C5CCOCC5)c4)C3)nc21. The van der Waals surface area contributed by atoms with Gasteiger partial charge < -0.3 is 20.1 Å². The minimum atomic E-state index is 0.213. The molecule has 2 fully saturated rings. The van der Waals surface area contributed by atoms with Crippen molar-refractivity contribution in [3.63, 3.8) is 0 Å². The number of nitrogens with zero attached hydrogens (tertiary/aromatic N) is 7. The predicted octanol–water partition coefficient (Wildman–Crippen LogP) is 2.80. The maximum Gasteiger partial charge on any atom is 0.223 e. The van der Waals surface area contributed by atoms with Crippen LogP contribution >= 0.6 is 0 Å². The molecule has 2 N–H and O–H groups in total. The quantitative estimate of drug-likeness (QED) is 0.508. The van der Waals surface area contributed by atoms with Crippen molar-refractivity contribution in [2.45, 2.75) is 37.6 Å². The van der Waals surface area contributed by atoms with E-state index in [0.29, 0.717) is 23.3 Å². The average Bonchev–Trinajstić information content (AvgIpc) is 3.53. The number of nitrogen functional groups attached to an aromatic ring is 1. The third kappa shape index (κ3) is 3.54. The van der Waals surface area contributed by atoms with Crippen LogP contribution in [0.4, 0.5) is 11.6 Å². The molecule has 2 aliphatic rings. The molecular weight excluding hydrogens is 420 g/mol. The fourth-order valence-electron chi connectivity index (χ4n) is 5.04. The molecule has 0 bridgehead atoms. The van der Waals surface area contributed by atoms with E-state index in [2.05, 4.69) is 25.9 Å². The number of nitrogens with two attached hydrogens (primary N) is 1. The fourth-order valence-corrected chi connectivity index (χ4v) is 5.04. The topological polar surface area (TPSA) is 109 Å². The Morgan fingerprint density at radius 2 is 2.03 bits per heavy atom. The Hall–Kier alpha value is -3.40. The molecule has 6 rings (SSSR count). The first-order valence-corrected chi connectivity index (χ1v) is 11.6. The Kier molecular flexibility index (Phi) is 5.01. The lowest BCUT2D eigenvalue weighted by molar-refractivity contribution is 0.0662. The van der Waals surface area contributed by atoms with Crippen molar-refractivity contribution in [2.24, 2.45) is 0 Å². The van der Waals surface area contributed by atoms with Gasteiger partial charge in [-0.1, -0.05) is 6.07 Å². The molecule has 0 aliphatic carbocycles. The van der Waals surface area contributed by atoms with Crippen molar-refractivity contribution in [1.29, 1.82) is 0 Å². The van der Waals surface area contributed by atoms with Gasteiger partial charge in [-0.15, -0.1) is 5.10 Å². The van der Waals surface area contributed by atoms with Crippen LogP contribution in [0.25, 0.3) is 16.6 Å². The van der Waals surface area contributed by atoms with Crippen LogP contribution in [0, 0.1) is 0 Å². The number of methoxy groups -OCH3 is 1. The van der Waals surface area contributed by atoms with Gasteiger partial charge in [0.05, 0.1) is 25.0 Å². The van der Waals surface area contributed by atoms with Crippen LogP contribution in [0.5, 0.6) is 5.75 Å². The van der Waals surface area contributed by atoms with Crippen LogP contribution in [0.1, 0.15) is 43.5 Å². The monoisotopic (exact) mass is 448 g/mol. The molecule has 2 aliphatic heterocycles. The highest BCUT2D eigenvalue weighted by molar-refractivity contribution is 5.95. The molecule has 0 spiro atoms. The van der Waals surface area contributed by atoms with Crippen molar-refractivity contribution in [3.05, 3.63) is 36.4 Å². The number of fused-ring (bicyclic) bond motifs is 3. The van der Waals surface area contributed by atoms with Gasteiger partial charge in [-0.25, -0.2) is 9.97 Å². The summed E-state index contributed by atoms with van der Waals surface area (Å²) in [5.41, 5.74) is 8.82. The molecule has 3 aromatic heterocycles. The first-order chi connectivity index (χ1) is 16.2. The molecular formula is C23H28N8O2. The van der Waals surface area contributed by atoms with E-state index in [1.54, 1.807) is 11.6 Å². The van der Waals surface area contributed by atoms with E-state index in [-0.39, 0.29) is 5.92 Å². The first kappa shape index (κ1) is 20.2. The summed E-state index contributed by atoms with van der Waals surface area (Å²) in [5.74, 6) is 2.01. The number of piperidine rings is 1. The first-order valence-electron chi connectivity index (χ1n) is 11.6. The molecule has 10 nitrogen and oxygen atoms in total. The zero-order valence-corrected chi connectivity index (χ0v) is 18.7. The Balaban J connectivity index is 1.29. The van der Waals surface area contributed by atoms with E-state index >= 15 is 0 Å². The zero-order valence-electron chi connectivity index (χ0n) is 18.7. The molecule has 0 radical (unpaired) electrons. The summed E-state index contributed by atoms with van der Waals surface area (Å²) in [6, 6.07) is 6.22. The van der Waals surface area contributed by atoms with E-state index in [9.17, 15) is 0 Å². The number of benzene rings is 1. The van der Waals surface area contributed by atoms with Gasteiger partial charge in [0.1, 0.15) is 11.3 Å². The second-order valence-electron chi connectivity index (χ2n) is 8.84. The van der Waals surface area contributed by atoms with E-state index in [1.165, 1.54) is 0 Å². The number of hydrogen-bond donors (Lipinski definition) is 1. The summed E-state index contributed by atoms with van der Waals surface area (Å²) in [7, 11) is 1.63. The number of aromatic nitrogens is 6. The van der Waals surface area contributed by atoms with Crippen molar-refractivity contribution >= 4 is 28.2 Å². The number of ether oxygens (including phenoxy) is 2. The summed E-state index contributed by atoms with van der Waals surface area (Å²) >= 11 is 0. The maximum atomic E-state index is 6.24. The lowest BCUT2D eigenvalue weighted by Gasteiger charge is -2.32. The molecule has 33 heavy (non-hydrogen) atoms. The van der Waals surface area contributed by atoms with Crippen LogP contribution in [0.15, 0.2) is 30.6 Å². The average molecular weight is 449 g/mol. The van der Waals surface area contributed by atoms with Crippen LogP contribution in [-0.2, 0) is 4.74 Å².